The summed E-state index contributed by atoms with van der Waals surface area (Å²) in [6.45, 7) is 0. The molecule has 1 amide bonds. The predicted molar refractivity (Wildman–Crippen MR) is 111 cm³/mol. The second kappa shape index (κ2) is 8.26. The molecule has 0 aliphatic heterocycles. The minimum Gasteiger partial charge on any atom is -0.341 e. The van der Waals surface area contributed by atoms with Gasteiger partial charge in [-0.25, -0.2) is 4.98 Å². The zero-order valence-electron chi connectivity index (χ0n) is 15.4. The summed E-state index contributed by atoms with van der Waals surface area (Å²) in [7, 11) is 0. The molecule has 2 heterocycles. The van der Waals surface area contributed by atoms with Gasteiger partial charge in [-0.2, -0.15) is 21.7 Å². The zero-order chi connectivity index (χ0) is 19.3. The maximum atomic E-state index is 12.8. The number of para-hydroxylation sites is 3. The number of hydrogen-bond acceptors (Lipinski definition) is 5. The molecule has 2 N–H and O–H groups in total. The van der Waals surface area contributed by atoms with Crippen molar-refractivity contribution in [1.82, 2.24) is 30.3 Å². The molecule has 4 aromatic rings. The number of aromatic nitrogens is 5. The van der Waals surface area contributed by atoms with Crippen LogP contribution in [0.3, 0.4) is 0 Å². The largest absolute Gasteiger partial charge is 0.341 e. The average Bonchev–Trinajstić information content (AvgIpc) is 3.39. The Kier molecular flexibility index (Phi) is 5.38. The van der Waals surface area contributed by atoms with Crippen LogP contribution in [0, 0.1) is 0 Å². The van der Waals surface area contributed by atoms with Crippen molar-refractivity contribution in [3.63, 3.8) is 0 Å². The number of nitrogens with one attached hydrogen (secondary N) is 2. The second-order valence-corrected chi connectivity index (χ2v) is 7.29. The minimum atomic E-state index is -0.270. The highest BCUT2D eigenvalue weighted by molar-refractivity contribution is 7.98. The van der Waals surface area contributed by atoms with Crippen LogP contribution in [0.2, 0.25) is 0 Å². The summed E-state index contributed by atoms with van der Waals surface area (Å²) < 4.78 is 0. The van der Waals surface area contributed by atoms with Crippen LogP contribution in [-0.2, 0) is 0 Å². The summed E-state index contributed by atoms with van der Waals surface area (Å²) in [6, 6.07) is 17.1. The molecule has 2 aromatic carbocycles. The number of H-pyrrole nitrogens is 1. The summed E-state index contributed by atoms with van der Waals surface area (Å²) in [6.07, 6.45) is 4.29. The molecule has 0 saturated carbocycles. The molecule has 2 aromatic heterocycles. The third-order valence-corrected chi connectivity index (χ3v) is 5.01. The lowest BCUT2D eigenvalue weighted by atomic mass is 10.2. The van der Waals surface area contributed by atoms with Crippen LogP contribution < -0.4 is 5.32 Å². The van der Waals surface area contributed by atoms with Crippen LogP contribution in [0.4, 0.5) is 0 Å². The van der Waals surface area contributed by atoms with E-state index in [0.717, 1.165) is 34.7 Å². The number of imidazole rings is 1. The first kappa shape index (κ1) is 18.2. The zero-order valence-corrected chi connectivity index (χ0v) is 16.2. The number of carbonyl (C=O) groups excluding carboxylic acids is 1. The predicted octanol–water partition coefficient (Wildman–Crippen LogP) is 3.37. The number of nitrogens with zero attached hydrogens (tertiary/aromatic N) is 4. The molecule has 0 fully saturated rings. The Labute approximate surface area is 166 Å². The fraction of sp³-hybridized carbons (Fsp3) is 0.200. The van der Waals surface area contributed by atoms with E-state index >= 15 is 0 Å². The number of aromatic amines is 1. The van der Waals surface area contributed by atoms with Gasteiger partial charge in [-0.1, -0.05) is 30.3 Å². The van der Waals surface area contributed by atoms with Crippen LogP contribution in [-0.4, -0.2) is 42.9 Å². The number of hydrogen-bond donors (Lipinski definition) is 2. The number of carbonyl (C=O) groups is 1. The molecule has 4 rings (SSSR count). The van der Waals surface area contributed by atoms with E-state index in [1.54, 1.807) is 11.8 Å². The molecule has 0 aliphatic carbocycles. The molecule has 0 spiro atoms. The van der Waals surface area contributed by atoms with Crippen LogP contribution >= 0.6 is 11.8 Å². The third-order valence-electron chi connectivity index (χ3n) is 4.37. The summed E-state index contributed by atoms with van der Waals surface area (Å²) in [5, 5.41) is 11.6. The number of benzene rings is 2. The number of thioether (sulfide) groups is 1. The number of amides is 1. The normalized spacial score (nSPS) is 12.2. The molecular formula is C20H20N6OS. The van der Waals surface area contributed by atoms with Crippen molar-refractivity contribution in [3.05, 3.63) is 72.3 Å². The van der Waals surface area contributed by atoms with Crippen molar-refractivity contribution in [2.24, 2.45) is 0 Å². The van der Waals surface area contributed by atoms with Gasteiger partial charge in [-0.3, -0.25) is 4.79 Å². The Bertz CT molecular complexity index is 1040. The second-order valence-electron chi connectivity index (χ2n) is 6.30. The summed E-state index contributed by atoms with van der Waals surface area (Å²) >= 11 is 1.73. The molecule has 7 nitrogen and oxygen atoms in total. The first-order chi connectivity index (χ1) is 13.7. The van der Waals surface area contributed by atoms with Gasteiger partial charge in [0, 0.05) is 0 Å². The maximum absolute atomic E-state index is 12.8. The highest BCUT2D eigenvalue weighted by atomic mass is 32.2. The highest BCUT2D eigenvalue weighted by Crippen LogP contribution is 2.20. The summed E-state index contributed by atoms with van der Waals surface area (Å²) in [5.41, 5.74) is 2.92. The van der Waals surface area contributed by atoms with Gasteiger partial charge in [0.15, 0.2) is 5.69 Å². The van der Waals surface area contributed by atoms with E-state index in [1.165, 1.54) is 11.0 Å². The van der Waals surface area contributed by atoms with E-state index in [1.807, 2.05) is 60.9 Å². The van der Waals surface area contributed by atoms with Crippen LogP contribution in [0.1, 0.15) is 28.8 Å². The lowest BCUT2D eigenvalue weighted by molar-refractivity contribution is 0.0928. The molecule has 0 saturated heterocycles. The lowest BCUT2D eigenvalue weighted by Crippen LogP contribution is -2.30. The smallest absolute Gasteiger partial charge is 0.274 e. The fourth-order valence-electron chi connectivity index (χ4n) is 2.94. The van der Waals surface area contributed by atoms with Gasteiger partial charge in [0.05, 0.1) is 29.0 Å². The third kappa shape index (κ3) is 3.91. The van der Waals surface area contributed by atoms with E-state index in [9.17, 15) is 4.79 Å². The van der Waals surface area contributed by atoms with Gasteiger partial charge in [0.1, 0.15) is 5.82 Å². The molecule has 142 valence electrons. The molecule has 0 radical (unpaired) electrons. The molecule has 0 bridgehead atoms. The average molecular weight is 392 g/mol. The maximum Gasteiger partial charge on any atom is 0.274 e. The highest BCUT2D eigenvalue weighted by Gasteiger charge is 2.21. The van der Waals surface area contributed by atoms with Crippen molar-refractivity contribution < 1.29 is 4.79 Å². The standard InChI is InChI=1S/C20H20N6OS/c1-28-12-11-17(19-22-15-9-5-6-10-16(15)23-19)24-20(27)18-13-21-26(25-18)14-7-3-2-4-8-14/h2-10,13,17H,11-12H2,1H3,(H,22,23)(H,24,27)/t17-/m0/s1. The summed E-state index contributed by atoms with van der Waals surface area (Å²) in [4.78, 5) is 22.2. The SMILES string of the molecule is CSCC[C@H](NC(=O)c1cnn(-c2ccccc2)n1)c1nc2ccccc2[nH]1. The van der Waals surface area contributed by atoms with E-state index in [0.29, 0.717) is 0 Å². The van der Waals surface area contributed by atoms with Crippen LogP contribution in [0.25, 0.3) is 16.7 Å². The molecular weight excluding hydrogens is 372 g/mol. The molecule has 0 aliphatic rings. The van der Waals surface area contributed by atoms with Crippen molar-refractivity contribution in [1.29, 1.82) is 0 Å². The van der Waals surface area contributed by atoms with Gasteiger partial charge in [-0.05, 0) is 42.7 Å². The summed E-state index contributed by atoms with van der Waals surface area (Å²) in [5.74, 6) is 1.38. The van der Waals surface area contributed by atoms with Gasteiger partial charge >= 0.3 is 0 Å². The Morgan fingerprint density at radius 1 is 1.18 bits per heavy atom. The van der Waals surface area contributed by atoms with Gasteiger partial charge in [0.25, 0.3) is 5.91 Å². The van der Waals surface area contributed by atoms with Gasteiger partial charge < -0.3 is 10.3 Å². The topological polar surface area (TPSA) is 88.5 Å². The Morgan fingerprint density at radius 3 is 2.75 bits per heavy atom. The Balaban J connectivity index is 1.55. The molecule has 8 heteroatoms. The monoisotopic (exact) mass is 392 g/mol. The van der Waals surface area contributed by atoms with Crippen molar-refractivity contribution in [3.8, 4) is 5.69 Å². The van der Waals surface area contributed by atoms with E-state index in [2.05, 4.69) is 25.5 Å². The lowest BCUT2D eigenvalue weighted by Gasteiger charge is -2.15. The molecule has 1 atom stereocenters. The first-order valence-corrected chi connectivity index (χ1v) is 10.4. The Morgan fingerprint density at radius 2 is 1.96 bits per heavy atom. The van der Waals surface area contributed by atoms with E-state index < -0.39 is 0 Å². The van der Waals surface area contributed by atoms with E-state index in [-0.39, 0.29) is 17.6 Å². The molecule has 28 heavy (non-hydrogen) atoms. The minimum absolute atomic E-state index is 0.228. The van der Waals surface area contributed by atoms with Crippen LogP contribution in [0.5, 0.6) is 0 Å². The quantitative estimate of drug-likeness (QED) is 0.503. The molecule has 0 unspecified atom stereocenters. The van der Waals surface area contributed by atoms with Gasteiger partial charge in [0.2, 0.25) is 0 Å². The van der Waals surface area contributed by atoms with Crippen molar-refractivity contribution in [2.75, 3.05) is 12.0 Å². The van der Waals surface area contributed by atoms with Crippen LogP contribution in [0.15, 0.2) is 60.8 Å². The number of fused-ring (bicyclic) bond motifs is 1. The van der Waals surface area contributed by atoms with Crippen molar-refractivity contribution >= 4 is 28.7 Å². The van der Waals surface area contributed by atoms with Gasteiger partial charge in [-0.15, -0.1) is 5.10 Å². The number of rotatable bonds is 7. The first-order valence-electron chi connectivity index (χ1n) is 8.97. The Hall–Kier alpha value is -3.13. The van der Waals surface area contributed by atoms with Crippen molar-refractivity contribution in [2.45, 2.75) is 12.5 Å². The fourth-order valence-corrected chi connectivity index (χ4v) is 3.41. The van der Waals surface area contributed by atoms with E-state index in [4.69, 9.17) is 0 Å².